The average Bonchev–Trinajstić information content (AvgIpc) is 2.12. The molecule has 0 aliphatic heterocycles. The lowest BCUT2D eigenvalue weighted by Crippen LogP contribution is -2.19. The Bertz CT molecular complexity index is 58.1. The fourth-order valence-electron chi connectivity index (χ4n) is 0.256. The van der Waals surface area contributed by atoms with Crippen LogP contribution in [0.2, 0.25) is 0 Å². The van der Waals surface area contributed by atoms with E-state index in [2.05, 4.69) is 0 Å². The summed E-state index contributed by atoms with van der Waals surface area (Å²) in [7, 11) is 2.91. The van der Waals surface area contributed by atoms with E-state index in [1.54, 1.807) is 0 Å². The molecule has 0 heterocycles. The molecule has 0 radical (unpaired) electrons. The molecule has 0 saturated carbocycles. The predicted molar refractivity (Wildman–Crippen MR) is 48.7 cm³/mol. The van der Waals surface area contributed by atoms with E-state index in [9.17, 15) is 4.79 Å². The molecule has 3 nitrogen and oxygen atoms in total. The highest BCUT2D eigenvalue weighted by molar-refractivity contribution is 5.51. The number of carbonyl (C=O) groups excluding carboxylic acids is 1. The van der Waals surface area contributed by atoms with E-state index in [4.69, 9.17) is 5.11 Å². The minimum atomic E-state index is 0.552. The Morgan fingerprint density at radius 3 is 1.82 bits per heavy atom. The van der Waals surface area contributed by atoms with E-state index < -0.39 is 0 Å². The van der Waals surface area contributed by atoms with E-state index in [1.807, 2.05) is 32.7 Å². The lowest BCUT2D eigenvalue weighted by molar-refractivity contribution is -0.108. The highest BCUT2D eigenvalue weighted by Crippen LogP contribution is 1.72. The third-order valence-electron chi connectivity index (χ3n) is 0.926. The Labute approximate surface area is 70.0 Å². The van der Waals surface area contributed by atoms with Crippen LogP contribution in [0.1, 0.15) is 20.8 Å². The van der Waals surface area contributed by atoms with Gasteiger partial charge in [0.05, 0.1) is 6.54 Å². The standard InChI is InChI=1S/C5H11NO.C2H6.CH4O/c1-3-6(2)4-5-7;2*1-2/h5H,3-4H2,1-2H3;1-2H3;2H,1H3. The fourth-order valence-corrected chi connectivity index (χ4v) is 0.256. The molecule has 1 N–H and O–H groups in total. The number of hydrogen-bond acceptors (Lipinski definition) is 3. The van der Waals surface area contributed by atoms with Crippen molar-refractivity contribution < 1.29 is 9.90 Å². The molecule has 3 heteroatoms. The Balaban J connectivity index is -0.000000138. The van der Waals surface area contributed by atoms with Crippen LogP contribution in [0.15, 0.2) is 0 Å². The summed E-state index contributed by atoms with van der Waals surface area (Å²) < 4.78 is 0. The van der Waals surface area contributed by atoms with Gasteiger partial charge in [-0.05, 0) is 13.6 Å². The van der Waals surface area contributed by atoms with Gasteiger partial charge in [-0.25, -0.2) is 0 Å². The number of likely N-dealkylation sites (N-methyl/N-ethyl adjacent to an activating group) is 1. The first kappa shape index (κ1) is 16.9. The highest BCUT2D eigenvalue weighted by atomic mass is 16.2. The second-order valence-corrected chi connectivity index (χ2v) is 1.52. The van der Waals surface area contributed by atoms with Crippen molar-refractivity contribution in [3.05, 3.63) is 0 Å². The van der Waals surface area contributed by atoms with Gasteiger partial charge in [0, 0.05) is 7.11 Å². The van der Waals surface area contributed by atoms with Crippen LogP contribution >= 0.6 is 0 Å². The topological polar surface area (TPSA) is 40.5 Å². The molecule has 0 fully saturated rings. The Kier molecular flexibility index (Phi) is 34.8. The molecule has 0 aliphatic carbocycles. The largest absolute Gasteiger partial charge is 0.400 e. The molecule has 0 atom stereocenters. The number of aliphatic hydroxyl groups excluding tert-OH is 1. The van der Waals surface area contributed by atoms with Gasteiger partial charge in [-0.15, -0.1) is 0 Å². The van der Waals surface area contributed by atoms with Gasteiger partial charge in [0.2, 0.25) is 0 Å². The van der Waals surface area contributed by atoms with Crippen molar-refractivity contribution in [3.8, 4) is 0 Å². The normalized spacial score (nSPS) is 7.18. The molecule has 0 rings (SSSR count). The number of carbonyl (C=O) groups is 1. The molecule has 0 bridgehead atoms. The lowest BCUT2D eigenvalue weighted by Gasteiger charge is -2.06. The first-order valence-corrected chi connectivity index (χ1v) is 3.88. The summed E-state index contributed by atoms with van der Waals surface area (Å²) in [6, 6.07) is 0. The van der Waals surface area contributed by atoms with Gasteiger partial charge in [-0.3, -0.25) is 4.90 Å². The molecule has 0 aromatic rings. The highest BCUT2D eigenvalue weighted by Gasteiger charge is 1.86. The van der Waals surface area contributed by atoms with Crippen molar-refractivity contribution in [2.45, 2.75) is 20.8 Å². The van der Waals surface area contributed by atoms with Crippen LogP contribution in [0, 0.1) is 0 Å². The third-order valence-corrected chi connectivity index (χ3v) is 0.926. The predicted octanol–water partition coefficient (Wildman–Crippen LogP) is 0.772. The van der Waals surface area contributed by atoms with Gasteiger partial charge in [0.25, 0.3) is 0 Å². The van der Waals surface area contributed by atoms with E-state index in [0.717, 1.165) is 19.9 Å². The van der Waals surface area contributed by atoms with Gasteiger partial charge in [-0.2, -0.15) is 0 Å². The van der Waals surface area contributed by atoms with E-state index in [1.165, 1.54) is 0 Å². The molecular formula is C8H21NO2. The van der Waals surface area contributed by atoms with Gasteiger partial charge in [0.15, 0.2) is 0 Å². The summed E-state index contributed by atoms with van der Waals surface area (Å²) in [5.41, 5.74) is 0. The van der Waals surface area contributed by atoms with Crippen LogP contribution in [-0.4, -0.2) is 43.5 Å². The molecule has 0 aromatic carbocycles. The van der Waals surface area contributed by atoms with E-state index in [0.29, 0.717) is 6.54 Å². The maximum absolute atomic E-state index is 9.73. The van der Waals surface area contributed by atoms with Crippen LogP contribution < -0.4 is 0 Å². The summed E-state index contributed by atoms with van der Waals surface area (Å²) in [5.74, 6) is 0. The number of rotatable bonds is 3. The zero-order chi connectivity index (χ0) is 9.70. The van der Waals surface area contributed by atoms with Crippen molar-refractivity contribution in [2.75, 3.05) is 27.2 Å². The molecule has 0 aliphatic rings. The number of aliphatic hydroxyl groups is 1. The number of nitrogens with zero attached hydrogens (tertiary/aromatic N) is 1. The first-order chi connectivity index (χ1) is 5.31. The second-order valence-electron chi connectivity index (χ2n) is 1.52. The smallest absolute Gasteiger partial charge is 0.133 e. The summed E-state index contributed by atoms with van der Waals surface area (Å²) in [6.07, 6.45) is 0.906. The minimum absolute atomic E-state index is 0.552. The van der Waals surface area contributed by atoms with Crippen LogP contribution in [0.5, 0.6) is 0 Å². The maximum atomic E-state index is 9.73. The molecule has 70 valence electrons. The van der Waals surface area contributed by atoms with E-state index in [-0.39, 0.29) is 0 Å². The Morgan fingerprint density at radius 1 is 1.36 bits per heavy atom. The molecular weight excluding hydrogens is 142 g/mol. The SMILES string of the molecule is CC.CCN(C)CC=O.CO. The fraction of sp³-hybridized carbons (Fsp3) is 0.875. The quantitative estimate of drug-likeness (QED) is 0.625. The molecule has 0 aromatic heterocycles. The molecule has 0 amide bonds. The Morgan fingerprint density at radius 2 is 1.73 bits per heavy atom. The Hall–Kier alpha value is -0.410. The van der Waals surface area contributed by atoms with Crippen molar-refractivity contribution in [1.29, 1.82) is 0 Å². The van der Waals surface area contributed by atoms with Crippen LogP contribution in [-0.2, 0) is 4.79 Å². The molecule has 0 spiro atoms. The second kappa shape index (κ2) is 22.6. The van der Waals surface area contributed by atoms with Gasteiger partial charge < -0.3 is 9.90 Å². The van der Waals surface area contributed by atoms with Crippen molar-refractivity contribution in [2.24, 2.45) is 0 Å². The maximum Gasteiger partial charge on any atom is 0.133 e. The minimum Gasteiger partial charge on any atom is -0.400 e. The first-order valence-electron chi connectivity index (χ1n) is 3.88. The molecule has 0 saturated heterocycles. The van der Waals surface area contributed by atoms with Gasteiger partial charge in [-0.1, -0.05) is 20.8 Å². The van der Waals surface area contributed by atoms with Crippen molar-refractivity contribution >= 4 is 6.29 Å². The van der Waals surface area contributed by atoms with Crippen LogP contribution in [0.25, 0.3) is 0 Å². The molecule has 11 heavy (non-hydrogen) atoms. The van der Waals surface area contributed by atoms with Gasteiger partial charge >= 0.3 is 0 Å². The van der Waals surface area contributed by atoms with Crippen molar-refractivity contribution in [3.63, 3.8) is 0 Å². The summed E-state index contributed by atoms with van der Waals surface area (Å²) >= 11 is 0. The summed E-state index contributed by atoms with van der Waals surface area (Å²) in [5, 5.41) is 7.00. The van der Waals surface area contributed by atoms with Crippen LogP contribution in [0.4, 0.5) is 0 Å². The monoisotopic (exact) mass is 163 g/mol. The third kappa shape index (κ3) is 26.2. The zero-order valence-electron chi connectivity index (χ0n) is 8.29. The zero-order valence-corrected chi connectivity index (χ0v) is 8.29. The number of hydrogen-bond donors (Lipinski definition) is 1. The summed E-state index contributed by atoms with van der Waals surface area (Å²) in [4.78, 5) is 11.7. The number of aldehydes is 1. The molecule has 0 unspecified atom stereocenters. The van der Waals surface area contributed by atoms with E-state index >= 15 is 0 Å². The average molecular weight is 163 g/mol. The van der Waals surface area contributed by atoms with Gasteiger partial charge in [0.1, 0.15) is 6.29 Å². The summed E-state index contributed by atoms with van der Waals surface area (Å²) in [6.45, 7) is 7.51. The van der Waals surface area contributed by atoms with Crippen LogP contribution in [0.3, 0.4) is 0 Å². The van der Waals surface area contributed by atoms with Crippen molar-refractivity contribution in [1.82, 2.24) is 4.90 Å². The lowest BCUT2D eigenvalue weighted by atomic mass is 10.6.